The maximum absolute atomic E-state index is 12.3. The molecule has 24 heavy (non-hydrogen) atoms. The molecule has 0 atom stereocenters. The van der Waals surface area contributed by atoms with Gasteiger partial charge in [-0.3, -0.25) is 9.59 Å². The number of carbonyl (C=O) groups is 2. The summed E-state index contributed by atoms with van der Waals surface area (Å²) in [4.78, 5) is 26.4. The molecule has 0 aliphatic carbocycles. The molecule has 1 aliphatic heterocycles. The fourth-order valence-corrected chi connectivity index (χ4v) is 3.05. The summed E-state index contributed by atoms with van der Waals surface area (Å²) in [5, 5.41) is 3.29. The first kappa shape index (κ1) is 18.7. The van der Waals surface area contributed by atoms with Gasteiger partial charge in [-0.25, -0.2) is 0 Å². The van der Waals surface area contributed by atoms with Crippen molar-refractivity contribution >= 4 is 11.7 Å². The van der Waals surface area contributed by atoms with Crippen molar-refractivity contribution in [2.75, 3.05) is 26.2 Å². The van der Waals surface area contributed by atoms with E-state index in [2.05, 4.69) is 12.2 Å². The Balaban J connectivity index is 1.78. The van der Waals surface area contributed by atoms with Gasteiger partial charge in [0.15, 0.2) is 5.78 Å². The van der Waals surface area contributed by atoms with E-state index in [0.29, 0.717) is 12.8 Å². The van der Waals surface area contributed by atoms with Crippen molar-refractivity contribution in [3.05, 3.63) is 35.4 Å². The molecule has 0 unspecified atom stereocenters. The summed E-state index contributed by atoms with van der Waals surface area (Å²) in [5.74, 6) is 0.166. The predicted molar refractivity (Wildman–Crippen MR) is 97.3 cm³/mol. The summed E-state index contributed by atoms with van der Waals surface area (Å²) in [6.45, 7) is 5.56. The van der Waals surface area contributed by atoms with Crippen LogP contribution in [-0.2, 0) is 11.2 Å². The number of hydrogen-bond donors (Lipinski definition) is 1. The highest BCUT2D eigenvalue weighted by molar-refractivity contribution is 5.97. The van der Waals surface area contributed by atoms with Gasteiger partial charge in [0.25, 0.3) is 0 Å². The first-order valence-corrected chi connectivity index (χ1v) is 9.31. The van der Waals surface area contributed by atoms with Crippen LogP contribution in [0.25, 0.3) is 0 Å². The summed E-state index contributed by atoms with van der Waals surface area (Å²) in [6, 6.07) is 7.91. The van der Waals surface area contributed by atoms with Gasteiger partial charge < -0.3 is 10.2 Å². The lowest BCUT2D eigenvalue weighted by Gasteiger charge is -2.19. The second kappa shape index (κ2) is 10.2. The zero-order chi connectivity index (χ0) is 17.2. The van der Waals surface area contributed by atoms with Gasteiger partial charge in [0.2, 0.25) is 5.91 Å². The molecule has 0 spiro atoms. The van der Waals surface area contributed by atoms with Crippen LogP contribution in [0.4, 0.5) is 0 Å². The van der Waals surface area contributed by atoms with Crippen LogP contribution in [0.3, 0.4) is 0 Å². The largest absolute Gasteiger partial charge is 0.341 e. The first-order valence-electron chi connectivity index (χ1n) is 9.31. The van der Waals surface area contributed by atoms with Gasteiger partial charge in [0, 0.05) is 38.0 Å². The lowest BCUT2D eigenvalue weighted by atomic mass is 10.0. The van der Waals surface area contributed by atoms with Gasteiger partial charge in [0.05, 0.1) is 0 Å². The van der Waals surface area contributed by atoms with Crippen molar-refractivity contribution in [3.63, 3.8) is 0 Å². The standard InChI is InChI=1S/C20H30N2O2/c1-2-3-4-6-17-7-9-18(10-8-17)19(23)11-12-20(24)22-15-5-13-21-14-16-22/h7-10,21H,2-6,11-16H2,1H3. The average molecular weight is 330 g/mol. The van der Waals surface area contributed by atoms with Crippen molar-refractivity contribution in [1.82, 2.24) is 10.2 Å². The highest BCUT2D eigenvalue weighted by Gasteiger charge is 2.16. The van der Waals surface area contributed by atoms with Crippen LogP contribution >= 0.6 is 0 Å². The van der Waals surface area contributed by atoms with Crippen LogP contribution in [0.1, 0.15) is 61.4 Å². The van der Waals surface area contributed by atoms with Crippen molar-refractivity contribution in [2.45, 2.75) is 51.9 Å². The molecule has 1 aromatic rings. The molecule has 1 amide bonds. The van der Waals surface area contributed by atoms with Crippen LogP contribution < -0.4 is 5.32 Å². The number of aryl methyl sites for hydroxylation is 1. The number of benzene rings is 1. The first-order chi connectivity index (χ1) is 11.7. The maximum Gasteiger partial charge on any atom is 0.223 e. The van der Waals surface area contributed by atoms with Crippen LogP contribution in [0.5, 0.6) is 0 Å². The molecule has 0 radical (unpaired) electrons. The van der Waals surface area contributed by atoms with E-state index in [9.17, 15) is 9.59 Å². The molecule has 0 saturated carbocycles. The molecule has 1 fully saturated rings. The summed E-state index contributed by atoms with van der Waals surface area (Å²) in [7, 11) is 0. The Kier molecular flexibility index (Phi) is 7.96. The number of rotatable bonds is 8. The summed E-state index contributed by atoms with van der Waals surface area (Å²) < 4.78 is 0. The van der Waals surface area contributed by atoms with E-state index >= 15 is 0 Å². The zero-order valence-electron chi connectivity index (χ0n) is 14.9. The number of nitrogens with zero attached hydrogens (tertiary/aromatic N) is 1. The third-order valence-corrected chi connectivity index (χ3v) is 4.60. The minimum absolute atomic E-state index is 0.0661. The van der Waals surface area contributed by atoms with Gasteiger partial charge >= 0.3 is 0 Å². The number of Topliss-reactive ketones (excluding diaryl/α,β-unsaturated/α-hetero) is 1. The van der Waals surface area contributed by atoms with E-state index in [1.54, 1.807) is 0 Å². The van der Waals surface area contributed by atoms with Gasteiger partial charge in [-0.15, -0.1) is 0 Å². The number of unbranched alkanes of at least 4 members (excludes halogenated alkanes) is 2. The lowest BCUT2D eigenvalue weighted by Crippen LogP contribution is -2.34. The third kappa shape index (κ3) is 6.08. The molecule has 1 heterocycles. The predicted octanol–water partition coefficient (Wildman–Crippen LogP) is 3.20. The van der Waals surface area contributed by atoms with Gasteiger partial charge in [0.1, 0.15) is 0 Å². The molecule has 4 heteroatoms. The van der Waals surface area contributed by atoms with Gasteiger partial charge in [-0.1, -0.05) is 44.0 Å². The van der Waals surface area contributed by atoms with Crippen molar-refractivity contribution in [3.8, 4) is 0 Å². The molecule has 1 aromatic carbocycles. The SMILES string of the molecule is CCCCCc1ccc(C(=O)CCC(=O)N2CCCNCC2)cc1. The van der Waals surface area contributed by atoms with Gasteiger partial charge in [-0.05, 0) is 31.4 Å². The topological polar surface area (TPSA) is 49.4 Å². The molecular formula is C20H30N2O2. The molecule has 0 aromatic heterocycles. The molecule has 4 nitrogen and oxygen atoms in total. The Labute approximate surface area is 145 Å². The molecule has 1 N–H and O–H groups in total. The quantitative estimate of drug-likeness (QED) is 0.588. The van der Waals surface area contributed by atoms with Gasteiger partial charge in [-0.2, -0.15) is 0 Å². The molecule has 0 bridgehead atoms. The highest BCUT2D eigenvalue weighted by Crippen LogP contribution is 2.12. The highest BCUT2D eigenvalue weighted by atomic mass is 16.2. The molecule has 1 aliphatic rings. The Morgan fingerprint density at radius 3 is 2.58 bits per heavy atom. The second-order valence-corrected chi connectivity index (χ2v) is 6.56. The Bertz CT molecular complexity index is 517. The fourth-order valence-electron chi connectivity index (χ4n) is 3.05. The van der Waals surface area contributed by atoms with E-state index in [1.165, 1.54) is 24.8 Å². The molecule has 2 rings (SSSR count). The molecular weight excluding hydrogens is 300 g/mol. The third-order valence-electron chi connectivity index (χ3n) is 4.60. The molecule has 132 valence electrons. The van der Waals surface area contributed by atoms with E-state index in [0.717, 1.165) is 44.6 Å². The Morgan fingerprint density at radius 1 is 1.04 bits per heavy atom. The number of ketones is 1. The smallest absolute Gasteiger partial charge is 0.223 e. The summed E-state index contributed by atoms with van der Waals surface area (Å²) >= 11 is 0. The zero-order valence-corrected chi connectivity index (χ0v) is 14.9. The number of carbonyl (C=O) groups excluding carboxylic acids is 2. The van der Waals surface area contributed by atoms with Crippen LogP contribution in [0, 0.1) is 0 Å². The number of amides is 1. The summed E-state index contributed by atoms with van der Waals surface area (Å²) in [6.07, 6.45) is 6.34. The minimum Gasteiger partial charge on any atom is -0.341 e. The van der Waals surface area contributed by atoms with Crippen LogP contribution in [-0.4, -0.2) is 42.8 Å². The number of nitrogens with one attached hydrogen (secondary N) is 1. The van der Waals surface area contributed by atoms with Crippen molar-refractivity contribution in [2.24, 2.45) is 0 Å². The van der Waals surface area contributed by atoms with E-state index in [-0.39, 0.29) is 11.7 Å². The van der Waals surface area contributed by atoms with Crippen molar-refractivity contribution < 1.29 is 9.59 Å². The maximum atomic E-state index is 12.3. The van der Waals surface area contributed by atoms with E-state index in [4.69, 9.17) is 0 Å². The fraction of sp³-hybridized carbons (Fsp3) is 0.600. The second-order valence-electron chi connectivity index (χ2n) is 6.56. The van der Waals surface area contributed by atoms with Crippen molar-refractivity contribution in [1.29, 1.82) is 0 Å². The number of hydrogen-bond acceptors (Lipinski definition) is 3. The normalized spacial score (nSPS) is 15.1. The van der Waals surface area contributed by atoms with E-state index < -0.39 is 0 Å². The summed E-state index contributed by atoms with van der Waals surface area (Å²) in [5.41, 5.74) is 2.01. The lowest BCUT2D eigenvalue weighted by molar-refractivity contribution is -0.130. The average Bonchev–Trinajstić information content (AvgIpc) is 2.89. The van der Waals surface area contributed by atoms with Crippen LogP contribution in [0.2, 0.25) is 0 Å². The van der Waals surface area contributed by atoms with E-state index in [1.807, 2.05) is 29.2 Å². The molecule has 1 saturated heterocycles. The minimum atomic E-state index is 0.0661. The Morgan fingerprint density at radius 2 is 1.83 bits per heavy atom. The monoisotopic (exact) mass is 330 g/mol. The van der Waals surface area contributed by atoms with Crippen LogP contribution in [0.15, 0.2) is 24.3 Å². The Hall–Kier alpha value is -1.68.